The number of benzene rings is 2. The number of hydrogen-bond acceptors (Lipinski definition) is 4. The van der Waals surface area contributed by atoms with Crippen molar-refractivity contribution in [2.75, 3.05) is 7.11 Å². The zero-order chi connectivity index (χ0) is 21.0. The molecule has 1 N–H and O–H groups in total. The first-order chi connectivity index (χ1) is 13.9. The number of carbonyl (C=O) groups is 2. The fourth-order valence-corrected chi connectivity index (χ4v) is 3.82. The molecule has 0 unspecified atom stereocenters. The van der Waals surface area contributed by atoms with Crippen LogP contribution in [0.25, 0.3) is 0 Å². The molecule has 0 fully saturated rings. The van der Waals surface area contributed by atoms with Gasteiger partial charge in [-0.25, -0.2) is 8.78 Å². The molecule has 0 saturated heterocycles. The minimum atomic E-state index is -0.627. The Morgan fingerprint density at radius 3 is 1.79 bits per heavy atom. The van der Waals surface area contributed by atoms with Gasteiger partial charge in [0.15, 0.2) is 34.7 Å². The van der Waals surface area contributed by atoms with Gasteiger partial charge >= 0.3 is 0 Å². The van der Waals surface area contributed by atoms with E-state index >= 15 is 0 Å². The van der Waals surface area contributed by atoms with E-state index in [9.17, 15) is 18.4 Å². The first-order valence-electron chi connectivity index (χ1n) is 9.86. The zero-order valence-corrected chi connectivity index (χ0v) is 16.4. The molecule has 6 heteroatoms. The SMILES string of the molecule is COc1ccc2c(c1F)CCCCC2=O.O=C1CCCCc2c1ccc(O)c2F. The lowest BCUT2D eigenvalue weighted by Crippen LogP contribution is -2.03. The van der Waals surface area contributed by atoms with E-state index in [1.54, 1.807) is 6.07 Å². The lowest BCUT2D eigenvalue weighted by molar-refractivity contribution is 0.0973. The van der Waals surface area contributed by atoms with E-state index in [0.29, 0.717) is 47.9 Å². The topological polar surface area (TPSA) is 63.6 Å². The second-order valence-electron chi connectivity index (χ2n) is 7.29. The third-order valence-corrected chi connectivity index (χ3v) is 5.41. The summed E-state index contributed by atoms with van der Waals surface area (Å²) in [6.07, 6.45) is 5.49. The Morgan fingerprint density at radius 2 is 1.24 bits per heavy atom. The van der Waals surface area contributed by atoms with Gasteiger partial charge in [0.1, 0.15) is 0 Å². The highest BCUT2D eigenvalue weighted by Gasteiger charge is 2.21. The molecule has 2 aromatic carbocycles. The number of methoxy groups -OCH3 is 1. The number of carbonyl (C=O) groups excluding carboxylic acids is 2. The molecule has 2 aliphatic rings. The van der Waals surface area contributed by atoms with Crippen LogP contribution in [0.2, 0.25) is 0 Å². The van der Waals surface area contributed by atoms with Crippen LogP contribution in [-0.2, 0) is 12.8 Å². The molecule has 2 aromatic rings. The van der Waals surface area contributed by atoms with Crippen molar-refractivity contribution in [3.05, 3.63) is 58.2 Å². The Morgan fingerprint density at radius 1 is 0.759 bits per heavy atom. The lowest BCUT2D eigenvalue weighted by Gasteiger charge is -2.09. The van der Waals surface area contributed by atoms with Crippen LogP contribution in [0.4, 0.5) is 8.78 Å². The van der Waals surface area contributed by atoms with Crippen molar-refractivity contribution in [2.45, 2.75) is 51.4 Å². The van der Waals surface area contributed by atoms with Crippen LogP contribution in [0, 0.1) is 11.6 Å². The fraction of sp³-hybridized carbons (Fsp3) is 0.391. The summed E-state index contributed by atoms with van der Waals surface area (Å²) in [5.41, 5.74) is 1.88. The Kier molecular flexibility index (Phi) is 6.62. The summed E-state index contributed by atoms with van der Waals surface area (Å²) in [6, 6.07) is 5.96. The number of rotatable bonds is 1. The maximum absolute atomic E-state index is 13.8. The third kappa shape index (κ3) is 4.47. The largest absolute Gasteiger partial charge is 0.505 e. The van der Waals surface area contributed by atoms with Gasteiger partial charge in [0, 0.05) is 35.1 Å². The Labute approximate surface area is 168 Å². The quantitative estimate of drug-likeness (QED) is 0.668. The van der Waals surface area contributed by atoms with Crippen LogP contribution in [0.15, 0.2) is 24.3 Å². The first-order valence-corrected chi connectivity index (χ1v) is 9.86. The maximum atomic E-state index is 13.8. The Hall–Kier alpha value is -2.76. The molecule has 154 valence electrons. The van der Waals surface area contributed by atoms with Gasteiger partial charge in [-0.1, -0.05) is 0 Å². The summed E-state index contributed by atoms with van der Waals surface area (Å²) in [5.74, 6) is -1.11. The van der Waals surface area contributed by atoms with Crippen LogP contribution in [0.5, 0.6) is 11.5 Å². The molecule has 0 radical (unpaired) electrons. The molecule has 0 saturated carbocycles. The van der Waals surface area contributed by atoms with E-state index in [-0.39, 0.29) is 28.9 Å². The van der Waals surface area contributed by atoms with E-state index in [0.717, 1.165) is 25.7 Å². The van der Waals surface area contributed by atoms with Crippen molar-refractivity contribution in [3.63, 3.8) is 0 Å². The molecular formula is C23H24F2O4. The summed E-state index contributed by atoms with van der Waals surface area (Å²) in [6.45, 7) is 0. The fourth-order valence-electron chi connectivity index (χ4n) is 3.82. The molecule has 4 nitrogen and oxygen atoms in total. The van der Waals surface area contributed by atoms with Crippen molar-refractivity contribution in [1.29, 1.82) is 0 Å². The molecule has 0 atom stereocenters. The van der Waals surface area contributed by atoms with Crippen molar-refractivity contribution < 1.29 is 28.2 Å². The number of ether oxygens (including phenoxy) is 1. The number of halogens is 2. The molecule has 0 bridgehead atoms. The van der Waals surface area contributed by atoms with Gasteiger partial charge in [0.25, 0.3) is 0 Å². The van der Waals surface area contributed by atoms with E-state index in [4.69, 9.17) is 9.84 Å². The number of phenols is 1. The highest BCUT2D eigenvalue weighted by Crippen LogP contribution is 2.29. The number of ketones is 2. The summed E-state index contributed by atoms with van der Waals surface area (Å²) >= 11 is 0. The molecule has 2 aliphatic carbocycles. The first kappa shape index (κ1) is 21.0. The number of fused-ring (bicyclic) bond motifs is 2. The van der Waals surface area contributed by atoms with Crippen LogP contribution in [0.1, 0.15) is 70.4 Å². The van der Waals surface area contributed by atoms with Gasteiger partial charge in [-0.05, 0) is 62.8 Å². The molecule has 0 amide bonds. The summed E-state index contributed by atoms with van der Waals surface area (Å²) in [4.78, 5) is 23.2. The van der Waals surface area contributed by atoms with E-state index < -0.39 is 5.82 Å². The number of hydrogen-bond donors (Lipinski definition) is 1. The highest BCUT2D eigenvalue weighted by atomic mass is 19.1. The van der Waals surface area contributed by atoms with Crippen molar-refractivity contribution in [3.8, 4) is 11.5 Å². The third-order valence-electron chi connectivity index (χ3n) is 5.41. The van der Waals surface area contributed by atoms with Crippen LogP contribution in [-0.4, -0.2) is 23.8 Å². The molecule has 0 aromatic heterocycles. The van der Waals surface area contributed by atoms with Gasteiger partial charge in [0.05, 0.1) is 7.11 Å². The maximum Gasteiger partial charge on any atom is 0.168 e. The number of Topliss-reactive ketones (excluding diaryl/α,β-unsaturated/α-hetero) is 2. The Bertz CT molecular complexity index is 937. The second-order valence-corrected chi connectivity index (χ2v) is 7.29. The van der Waals surface area contributed by atoms with Crippen LogP contribution >= 0.6 is 0 Å². The average molecular weight is 402 g/mol. The van der Waals surface area contributed by atoms with Gasteiger partial charge in [-0.3, -0.25) is 9.59 Å². The predicted molar refractivity (Wildman–Crippen MR) is 105 cm³/mol. The minimum absolute atomic E-state index is 0.0172. The molecule has 4 rings (SSSR count). The standard InChI is InChI=1S/C12H13FO2.C11H11FO2/c1-15-11-7-6-8-9(12(11)13)4-2-3-5-10(8)14;12-11-8-3-1-2-4-9(13)7(8)5-6-10(11)14/h6-7H,2-5H2,1H3;5-6,14H,1-4H2. The lowest BCUT2D eigenvalue weighted by atomic mass is 10.0. The number of aromatic hydroxyl groups is 1. The van der Waals surface area contributed by atoms with Gasteiger partial charge in [-0.2, -0.15) is 0 Å². The summed E-state index contributed by atoms with van der Waals surface area (Å²) in [5, 5.41) is 9.17. The van der Waals surface area contributed by atoms with E-state index in [1.807, 2.05) is 0 Å². The monoisotopic (exact) mass is 402 g/mol. The molecule has 0 spiro atoms. The van der Waals surface area contributed by atoms with Crippen LogP contribution in [0.3, 0.4) is 0 Å². The van der Waals surface area contributed by atoms with Gasteiger partial charge in [0.2, 0.25) is 0 Å². The molecule has 0 heterocycles. The van der Waals surface area contributed by atoms with Gasteiger partial charge in [-0.15, -0.1) is 0 Å². The highest BCUT2D eigenvalue weighted by molar-refractivity contribution is 5.98. The summed E-state index contributed by atoms with van der Waals surface area (Å²) in [7, 11) is 1.43. The van der Waals surface area contributed by atoms with Crippen molar-refractivity contribution in [1.82, 2.24) is 0 Å². The van der Waals surface area contributed by atoms with E-state index in [1.165, 1.54) is 25.3 Å². The van der Waals surface area contributed by atoms with Crippen LogP contribution < -0.4 is 4.74 Å². The smallest absolute Gasteiger partial charge is 0.168 e. The Balaban J connectivity index is 0.000000166. The van der Waals surface area contributed by atoms with Crippen molar-refractivity contribution in [2.24, 2.45) is 0 Å². The van der Waals surface area contributed by atoms with Gasteiger partial charge < -0.3 is 9.84 Å². The molecule has 0 aliphatic heterocycles. The molecule has 29 heavy (non-hydrogen) atoms. The minimum Gasteiger partial charge on any atom is -0.505 e. The second kappa shape index (κ2) is 9.16. The molecular weight excluding hydrogens is 378 g/mol. The average Bonchev–Trinajstić information content (AvgIpc) is 3.02. The normalized spacial score (nSPS) is 16.0. The van der Waals surface area contributed by atoms with E-state index in [2.05, 4.69) is 0 Å². The summed E-state index contributed by atoms with van der Waals surface area (Å²) < 4.78 is 32.2. The number of phenolic OH excluding ortho intramolecular Hbond substituents is 1. The predicted octanol–water partition coefficient (Wildman–Crippen LogP) is 5.18. The van der Waals surface area contributed by atoms with Crippen molar-refractivity contribution >= 4 is 11.6 Å². The zero-order valence-electron chi connectivity index (χ0n) is 16.4.